The Hall–Kier alpha value is -2.45. The third-order valence-electron chi connectivity index (χ3n) is 3.65. The van der Waals surface area contributed by atoms with Gasteiger partial charge in [0, 0.05) is 25.8 Å². The number of rotatable bonds is 9. The number of hydrogen-bond donors (Lipinski definition) is 2. The fourth-order valence-electron chi connectivity index (χ4n) is 2.42. The van der Waals surface area contributed by atoms with Crippen LogP contribution in [-0.2, 0) is 4.74 Å². The second-order valence-electron chi connectivity index (χ2n) is 5.82. The highest BCUT2D eigenvalue weighted by Gasteiger charge is 2.32. The molecule has 2 N–H and O–H groups in total. The van der Waals surface area contributed by atoms with Gasteiger partial charge in [0.1, 0.15) is 12.4 Å². The zero-order chi connectivity index (χ0) is 19.9. The molecule has 2 aromatic rings. The maximum absolute atomic E-state index is 12.5. The summed E-state index contributed by atoms with van der Waals surface area (Å²) in [5, 5.41) is 12.8. The largest absolute Gasteiger partial charge is 0.573 e. The van der Waals surface area contributed by atoms with E-state index in [4.69, 9.17) is 9.47 Å². The molecule has 0 atom stereocenters. The van der Waals surface area contributed by atoms with E-state index in [1.165, 1.54) is 6.07 Å². The Bertz CT molecular complexity index is 750. The number of alkyl halides is 3. The molecular formula is C19H22F3NO4. The number of methoxy groups -OCH3 is 1. The number of phenolic OH excluding ortho intramolecular Hbond substituents is 1. The van der Waals surface area contributed by atoms with Crippen LogP contribution in [0.25, 0.3) is 11.1 Å². The molecule has 2 rings (SSSR count). The van der Waals surface area contributed by atoms with E-state index in [2.05, 4.69) is 10.1 Å². The van der Waals surface area contributed by atoms with Gasteiger partial charge in [0.25, 0.3) is 0 Å². The second-order valence-corrected chi connectivity index (χ2v) is 5.82. The quantitative estimate of drug-likeness (QED) is 0.642. The van der Waals surface area contributed by atoms with Crippen LogP contribution in [0, 0.1) is 6.92 Å². The first-order valence-electron chi connectivity index (χ1n) is 8.32. The SMILES string of the molecule is COCCNCCOc1ccc(C)cc1-c1ccc(O)c(OC(F)(F)F)c1. The summed E-state index contributed by atoms with van der Waals surface area (Å²) in [5.41, 5.74) is 1.97. The molecule has 0 aromatic heterocycles. The summed E-state index contributed by atoms with van der Waals surface area (Å²) < 4.78 is 52.2. The summed E-state index contributed by atoms with van der Waals surface area (Å²) in [6, 6.07) is 9.23. The molecule has 0 spiro atoms. The van der Waals surface area contributed by atoms with Crippen LogP contribution in [0.4, 0.5) is 13.2 Å². The van der Waals surface area contributed by atoms with Gasteiger partial charge in [-0.15, -0.1) is 13.2 Å². The molecular weight excluding hydrogens is 363 g/mol. The lowest BCUT2D eigenvalue weighted by Crippen LogP contribution is -2.24. The summed E-state index contributed by atoms with van der Waals surface area (Å²) in [6.45, 7) is 4.12. The smallest absolute Gasteiger partial charge is 0.504 e. The molecule has 27 heavy (non-hydrogen) atoms. The third-order valence-corrected chi connectivity index (χ3v) is 3.65. The van der Waals surface area contributed by atoms with Gasteiger partial charge in [-0.1, -0.05) is 17.7 Å². The van der Waals surface area contributed by atoms with Crippen LogP contribution in [-0.4, -0.2) is 44.9 Å². The molecule has 0 aliphatic carbocycles. The van der Waals surface area contributed by atoms with Crippen LogP contribution in [0.2, 0.25) is 0 Å². The predicted octanol–water partition coefficient (Wildman–Crippen LogP) is 3.88. The molecule has 0 heterocycles. The van der Waals surface area contributed by atoms with E-state index in [-0.39, 0.29) is 0 Å². The molecule has 0 unspecified atom stereocenters. The van der Waals surface area contributed by atoms with Crippen molar-refractivity contribution in [1.82, 2.24) is 5.32 Å². The van der Waals surface area contributed by atoms with E-state index in [9.17, 15) is 18.3 Å². The van der Waals surface area contributed by atoms with Gasteiger partial charge in [0.15, 0.2) is 11.5 Å². The highest BCUT2D eigenvalue weighted by Crippen LogP contribution is 2.38. The van der Waals surface area contributed by atoms with E-state index in [0.29, 0.717) is 43.2 Å². The van der Waals surface area contributed by atoms with Gasteiger partial charge >= 0.3 is 6.36 Å². The molecule has 8 heteroatoms. The maximum atomic E-state index is 12.5. The zero-order valence-corrected chi connectivity index (χ0v) is 15.1. The van der Waals surface area contributed by atoms with Crippen LogP contribution in [0.5, 0.6) is 17.2 Å². The summed E-state index contributed by atoms with van der Waals surface area (Å²) >= 11 is 0. The number of phenols is 1. The van der Waals surface area contributed by atoms with Crippen molar-refractivity contribution in [3.63, 3.8) is 0 Å². The Morgan fingerprint density at radius 2 is 1.74 bits per heavy atom. The minimum Gasteiger partial charge on any atom is -0.504 e. The molecule has 0 saturated carbocycles. The number of halogens is 3. The van der Waals surface area contributed by atoms with Gasteiger partial charge in [-0.3, -0.25) is 0 Å². The fraction of sp³-hybridized carbons (Fsp3) is 0.368. The Kier molecular flexibility index (Phi) is 7.32. The highest BCUT2D eigenvalue weighted by atomic mass is 19.4. The minimum atomic E-state index is -4.89. The van der Waals surface area contributed by atoms with Crippen molar-refractivity contribution in [3.8, 4) is 28.4 Å². The lowest BCUT2D eigenvalue weighted by atomic mass is 10.0. The first kappa shape index (κ1) is 20.9. The number of aromatic hydroxyl groups is 1. The molecule has 0 aliphatic rings. The van der Waals surface area contributed by atoms with Crippen molar-refractivity contribution >= 4 is 0 Å². The topological polar surface area (TPSA) is 60.0 Å². The number of nitrogens with one attached hydrogen (secondary N) is 1. The van der Waals surface area contributed by atoms with E-state index in [0.717, 1.165) is 17.7 Å². The lowest BCUT2D eigenvalue weighted by molar-refractivity contribution is -0.275. The molecule has 0 saturated heterocycles. The maximum Gasteiger partial charge on any atom is 0.573 e. The molecule has 0 radical (unpaired) electrons. The van der Waals surface area contributed by atoms with E-state index in [1.54, 1.807) is 19.2 Å². The fourth-order valence-corrected chi connectivity index (χ4v) is 2.42. The molecule has 0 bridgehead atoms. The Labute approximate surface area is 155 Å². The first-order chi connectivity index (χ1) is 12.8. The minimum absolute atomic E-state index is 0.379. The van der Waals surface area contributed by atoms with Gasteiger partial charge in [0.2, 0.25) is 0 Å². The first-order valence-corrected chi connectivity index (χ1v) is 8.32. The van der Waals surface area contributed by atoms with Crippen molar-refractivity contribution in [3.05, 3.63) is 42.0 Å². The summed E-state index contributed by atoms with van der Waals surface area (Å²) in [6.07, 6.45) is -4.89. The summed E-state index contributed by atoms with van der Waals surface area (Å²) in [7, 11) is 1.62. The third kappa shape index (κ3) is 6.65. The number of ether oxygens (including phenoxy) is 3. The van der Waals surface area contributed by atoms with Crippen molar-refractivity contribution in [2.45, 2.75) is 13.3 Å². The van der Waals surface area contributed by atoms with Crippen molar-refractivity contribution in [2.75, 3.05) is 33.4 Å². The van der Waals surface area contributed by atoms with Gasteiger partial charge in [-0.05, 0) is 36.8 Å². The van der Waals surface area contributed by atoms with Crippen LogP contribution in [0.15, 0.2) is 36.4 Å². The van der Waals surface area contributed by atoms with Crippen LogP contribution in [0.3, 0.4) is 0 Å². The van der Waals surface area contributed by atoms with Crippen molar-refractivity contribution in [2.24, 2.45) is 0 Å². The van der Waals surface area contributed by atoms with Crippen LogP contribution >= 0.6 is 0 Å². The molecule has 0 aliphatic heterocycles. The number of hydrogen-bond acceptors (Lipinski definition) is 5. The van der Waals surface area contributed by atoms with E-state index >= 15 is 0 Å². The van der Waals surface area contributed by atoms with E-state index in [1.807, 2.05) is 13.0 Å². The van der Waals surface area contributed by atoms with Gasteiger partial charge < -0.3 is 24.6 Å². The lowest BCUT2D eigenvalue weighted by Gasteiger charge is -2.15. The average molecular weight is 385 g/mol. The molecule has 5 nitrogen and oxygen atoms in total. The molecule has 0 amide bonds. The molecule has 0 fully saturated rings. The van der Waals surface area contributed by atoms with Crippen LogP contribution < -0.4 is 14.8 Å². The highest BCUT2D eigenvalue weighted by molar-refractivity contribution is 5.73. The molecule has 2 aromatic carbocycles. The molecule has 148 valence electrons. The summed E-state index contributed by atoms with van der Waals surface area (Å²) in [5.74, 6) is -0.722. The Morgan fingerprint density at radius 1 is 1.00 bits per heavy atom. The normalized spacial score (nSPS) is 11.4. The van der Waals surface area contributed by atoms with E-state index < -0.39 is 17.9 Å². The number of aryl methyl sites for hydroxylation is 1. The predicted molar refractivity (Wildman–Crippen MR) is 95.2 cm³/mol. The summed E-state index contributed by atoms with van der Waals surface area (Å²) in [4.78, 5) is 0. The van der Waals surface area contributed by atoms with Gasteiger partial charge in [0.05, 0.1) is 6.61 Å². The van der Waals surface area contributed by atoms with Crippen molar-refractivity contribution < 1.29 is 32.5 Å². The van der Waals surface area contributed by atoms with Gasteiger partial charge in [-0.2, -0.15) is 0 Å². The van der Waals surface area contributed by atoms with Crippen LogP contribution in [0.1, 0.15) is 5.56 Å². The van der Waals surface area contributed by atoms with Crippen molar-refractivity contribution in [1.29, 1.82) is 0 Å². The van der Waals surface area contributed by atoms with Gasteiger partial charge in [-0.25, -0.2) is 0 Å². The standard InChI is InChI=1S/C19H22F3NO4/c1-13-3-6-17(26-10-8-23-7-9-25-2)15(11-13)14-4-5-16(24)18(12-14)27-19(20,21)22/h3-6,11-12,23-24H,7-10H2,1-2H3. The second kappa shape index (κ2) is 9.48. The average Bonchev–Trinajstić information content (AvgIpc) is 2.60. The Balaban J connectivity index is 2.19. The Morgan fingerprint density at radius 3 is 2.44 bits per heavy atom. The number of benzene rings is 2. The zero-order valence-electron chi connectivity index (χ0n) is 15.1. The monoisotopic (exact) mass is 385 g/mol.